The number of anilines is 1. The Morgan fingerprint density at radius 1 is 1.31 bits per heavy atom. The van der Waals surface area contributed by atoms with E-state index in [2.05, 4.69) is 9.97 Å². The monoisotopic (exact) mass is 473 g/mol. The molecule has 1 unspecified atom stereocenters. The van der Waals surface area contributed by atoms with Crippen molar-refractivity contribution in [2.45, 2.75) is 25.0 Å². The second-order valence-corrected chi connectivity index (χ2v) is 9.13. The Morgan fingerprint density at radius 2 is 2.12 bits per heavy atom. The number of H-pyrrole nitrogens is 1. The first-order valence-electron chi connectivity index (χ1n) is 9.80. The summed E-state index contributed by atoms with van der Waals surface area (Å²) in [5.74, 6) is -0.326. The fourth-order valence-corrected chi connectivity index (χ4v) is 5.16. The van der Waals surface area contributed by atoms with Crippen LogP contribution in [0.2, 0.25) is 5.02 Å². The molecule has 164 valence electrons. The lowest BCUT2D eigenvalue weighted by Crippen LogP contribution is -2.44. The number of nitrogens with zero attached hydrogens (tertiary/aromatic N) is 2. The Labute approximate surface area is 191 Å². The van der Waals surface area contributed by atoms with E-state index in [1.165, 1.54) is 12.4 Å². The number of aliphatic hydroxyl groups excluding tert-OH is 1. The molecule has 0 amide bonds. The topological polar surface area (TPSA) is 119 Å². The van der Waals surface area contributed by atoms with Gasteiger partial charge in [-0.1, -0.05) is 11.6 Å². The van der Waals surface area contributed by atoms with Gasteiger partial charge in [0, 0.05) is 37.5 Å². The van der Waals surface area contributed by atoms with Gasteiger partial charge in [0.1, 0.15) is 11.6 Å². The lowest BCUT2D eigenvalue weighted by Gasteiger charge is -2.17. The quantitative estimate of drug-likeness (QED) is 0.177. The molecule has 1 atom stereocenters. The Hall–Kier alpha value is -2.98. The average Bonchev–Trinajstić information content (AvgIpc) is 3.47. The highest BCUT2D eigenvalue weighted by molar-refractivity contribution is 7.10. The third-order valence-electron chi connectivity index (χ3n) is 5.80. The molecular weight excluding hydrogens is 455 g/mol. The number of hydrogen-bond donors (Lipinski definition) is 5. The number of hydrogen-bond acceptors (Lipinski definition) is 6. The number of nitrogen functional groups attached to an aromatic ring is 1. The SMILES string of the molecule is Nc1ccc(Cl)cc1-c1cc2c([n+](O)c1)C(O)(c1ncc(-c3csc(CO)c3F)[nH]1)CC2. The molecule has 0 radical (unpaired) electrons. The molecule has 7 nitrogen and oxygen atoms in total. The standard InChI is InChI=1S/C22H19ClFN4O3S/c23-13-1-2-16(25)14(6-13)12-5-11-3-4-22(30,20(11)28(31)8-12)21-26-7-17(27-21)15-10-32-18(9-29)19(15)24/h1-2,5-8,10,29-31H,3-4,9,25H2,(H,26,27)/q+1. The van der Waals surface area contributed by atoms with Crippen molar-refractivity contribution in [2.24, 2.45) is 0 Å². The maximum atomic E-state index is 14.4. The van der Waals surface area contributed by atoms with Gasteiger partial charge in [0.2, 0.25) is 11.8 Å². The minimum Gasteiger partial charge on any atom is -0.398 e. The van der Waals surface area contributed by atoms with Gasteiger partial charge in [-0.25, -0.2) is 9.37 Å². The first-order chi connectivity index (χ1) is 15.3. The molecule has 0 fully saturated rings. The zero-order valence-electron chi connectivity index (χ0n) is 16.6. The maximum Gasteiger partial charge on any atom is 0.276 e. The second-order valence-electron chi connectivity index (χ2n) is 7.73. The van der Waals surface area contributed by atoms with Crippen molar-refractivity contribution >= 4 is 28.6 Å². The molecule has 10 heteroatoms. The van der Waals surface area contributed by atoms with Crippen LogP contribution in [-0.4, -0.2) is 25.4 Å². The van der Waals surface area contributed by atoms with Crippen LogP contribution in [-0.2, 0) is 18.6 Å². The number of halogens is 2. The highest BCUT2D eigenvalue weighted by Gasteiger charge is 2.50. The van der Waals surface area contributed by atoms with Crippen molar-refractivity contribution in [3.8, 4) is 22.4 Å². The van der Waals surface area contributed by atoms with Gasteiger partial charge < -0.3 is 20.9 Å². The first kappa shape index (κ1) is 20.9. The van der Waals surface area contributed by atoms with Gasteiger partial charge in [-0.3, -0.25) is 5.21 Å². The third kappa shape index (κ3) is 3.17. The molecule has 0 saturated heterocycles. The van der Waals surface area contributed by atoms with Crippen LogP contribution in [0.4, 0.5) is 10.1 Å². The van der Waals surface area contributed by atoms with E-state index in [1.807, 2.05) is 6.07 Å². The number of aryl methyl sites for hydroxylation is 1. The van der Waals surface area contributed by atoms with Gasteiger partial charge in [-0.05, 0) is 37.1 Å². The number of aliphatic hydroxyl groups is 2. The zero-order chi connectivity index (χ0) is 22.6. The highest BCUT2D eigenvalue weighted by atomic mass is 35.5. The number of aromatic amines is 1. The highest BCUT2D eigenvalue weighted by Crippen LogP contribution is 2.41. The van der Waals surface area contributed by atoms with Crippen LogP contribution in [0.15, 0.2) is 42.0 Å². The van der Waals surface area contributed by atoms with E-state index in [0.717, 1.165) is 21.6 Å². The van der Waals surface area contributed by atoms with E-state index < -0.39 is 18.0 Å². The van der Waals surface area contributed by atoms with Gasteiger partial charge in [0.25, 0.3) is 5.69 Å². The molecule has 32 heavy (non-hydrogen) atoms. The summed E-state index contributed by atoms with van der Waals surface area (Å²) in [6.07, 6.45) is 3.66. The van der Waals surface area contributed by atoms with Crippen LogP contribution in [0, 0.1) is 5.82 Å². The molecule has 0 spiro atoms. The normalized spacial score (nSPS) is 17.6. The van der Waals surface area contributed by atoms with Crippen LogP contribution < -0.4 is 10.5 Å². The summed E-state index contributed by atoms with van der Waals surface area (Å²) in [4.78, 5) is 7.48. The Balaban J connectivity index is 1.56. The molecule has 6 N–H and O–H groups in total. The molecule has 3 aromatic heterocycles. The molecule has 3 heterocycles. The van der Waals surface area contributed by atoms with Crippen LogP contribution in [0.3, 0.4) is 0 Å². The molecule has 1 aliphatic rings. The first-order valence-corrected chi connectivity index (χ1v) is 11.1. The average molecular weight is 474 g/mol. The van der Waals surface area contributed by atoms with Crippen LogP contribution in [0.25, 0.3) is 22.4 Å². The van der Waals surface area contributed by atoms with Crippen molar-refractivity contribution in [1.29, 1.82) is 0 Å². The minimum absolute atomic E-state index is 0.195. The van der Waals surface area contributed by atoms with E-state index in [4.69, 9.17) is 17.3 Å². The van der Waals surface area contributed by atoms with Crippen molar-refractivity contribution in [3.63, 3.8) is 0 Å². The number of imidazole rings is 1. The summed E-state index contributed by atoms with van der Waals surface area (Å²) in [7, 11) is 0. The zero-order valence-corrected chi connectivity index (χ0v) is 18.2. The molecule has 5 rings (SSSR count). The number of thiophene rings is 1. The second kappa shape index (κ2) is 7.56. The lowest BCUT2D eigenvalue weighted by atomic mass is 9.98. The molecular formula is C22H19ClFN4O3S+. The molecule has 0 bridgehead atoms. The van der Waals surface area contributed by atoms with Gasteiger partial charge >= 0.3 is 0 Å². The number of fused-ring (bicyclic) bond motifs is 1. The largest absolute Gasteiger partial charge is 0.398 e. The summed E-state index contributed by atoms with van der Waals surface area (Å²) >= 11 is 7.21. The number of aromatic nitrogens is 3. The number of rotatable bonds is 4. The number of pyridine rings is 1. The van der Waals surface area contributed by atoms with Gasteiger partial charge in [-0.15, -0.1) is 11.3 Å². The van der Waals surface area contributed by atoms with Crippen molar-refractivity contribution in [1.82, 2.24) is 9.97 Å². The van der Waals surface area contributed by atoms with Crippen molar-refractivity contribution in [3.05, 3.63) is 74.8 Å². The Kier molecular flexibility index (Phi) is 4.94. The third-order valence-corrected chi connectivity index (χ3v) is 6.98. The Bertz CT molecular complexity index is 1360. The van der Waals surface area contributed by atoms with E-state index >= 15 is 0 Å². The van der Waals surface area contributed by atoms with Gasteiger partial charge in [0.05, 0.1) is 28.9 Å². The molecule has 1 aromatic carbocycles. The predicted octanol–water partition coefficient (Wildman–Crippen LogP) is 3.38. The predicted molar refractivity (Wildman–Crippen MR) is 118 cm³/mol. The van der Waals surface area contributed by atoms with Crippen molar-refractivity contribution < 1.29 is 24.5 Å². The van der Waals surface area contributed by atoms with Crippen LogP contribution >= 0.6 is 22.9 Å². The molecule has 0 saturated carbocycles. The molecule has 4 aromatic rings. The van der Waals surface area contributed by atoms with E-state index in [1.54, 1.807) is 23.6 Å². The number of nitrogens with two attached hydrogens (primary N) is 1. The summed E-state index contributed by atoms with van der Waals surface area (Å²) < 4.78 is 15.3. The fraction of sp³-hybridized carbons (Fsp3) is 0.182. The minimum atomic E-state index is -1.59. The van der Waals surface area contributed by atoms with Gasteiger partial charge in [0.15, 0.2) is 0 Å². The van der Waals surface area contributed by atoms with Crippen molar-refractivity contribution in [2.75, 3.05) is 5.73 Å². The summed E-state index contributed by atoms with van der Waals surface area (Å²) in [6.45, 7) is -0.390. The fourth-order valence-electron chi connectivity index (χ4n) is 4.21. The summed E-state index contributed by atoms with van der Waals surface area (Å²) in [5, 5.41) is 33.6. The van der Waals surface area contributed by atoms with Crippen LogP contribution in [0.5, 0.6) is 0 Å². The molecule has 0 aliphatic heterocycles. The maximum absolute atomic E-state index is 14.4. The molecule has 1 aliphatic carbocycles. The van der Waals surface area contributed by atoms with Gasteiger partial charge in [-0.2, -0.15) is 0 Å². The lowest BCUT2D eigenvalue weighted by molar-refractivity contribution is -0.912. The Morgan fingerprint density at radius 3 is 2.88 bits per heavy atom. The van der Waals surface area contributed by atoms with E-state index in [-0.39, 0.29) is 28.4 Å². The van der Waals surface area contributed by atoms with E-state index in [9.17, 15) is 19.8 Å². The number of benzene rings is 1. The number of nitrogens with one attached hydrogen (secondary N) is 1. The van der Waals surface area contributed by atoms with E-state index in [0.29, 0.717) is 34.0 Å². The smallest absolute Gasteiger partial charge is 0.276 e. The summed E-state index contributed by atoms with van der Waals surface area (Å²) in [6, 6.07) is 6.96. The summed E-state index contributed by atoms with van der Waals surface area (Å²) in [5.41, 5.74) is 8.00. The van der Waals surface area contributed by atoms with Crippen LogP contribution in [0.1, 0.15) is 28.4 Å².